The minimum absolute atomic E-state index is 0.00286. The van der Waals surface area contributed by atoms with Gasteiger partial charge in [0.15, 0.2) is 24.1 Å². The minimum Gasteiger partial charge on any atom is -0.508 e. The maximum Gasteiger partial charge on any atom is 0.229 e. The molecule has 286 valence electrons. The lowest BCUT2D eigenvalue weighted by molar-refractivity contribution is -0.362. The van der Waals surface area contributed by atoms with E-state index < -0.39 is 110 Å². The molecular formula is C35H44O17. The van der Waals surface area contributed by atoms with Gasteiger partial charge in [-0.1, -0.05) is 6.92 Å². The van der Waals surface area contributed by atoms with Crippen molar-refractivity contribution in [3.63, 3.8) is 0 Å². The third-order valence-corrected chi connectivity index (χ3v) is 9.79. The molecule has 3 saturated heterocycles. The first-order chi connectivity index (χ1) is 24.6. The molecule has 3 aliphatic heterocycles. The first-order valence-corrected chi connectivity index (χ1v) is 16.9. The maximum atomic E-state index is 13.2. The van der Waals surface area contributed by atoms with E-state index in [2.05, 4.69) is 0 Å². The van der Waals surface area contributed by atoms with Gasteiger partial charge in [-0.15, -0.1) is 0 Å². The van der Waals surface area contributed by atoms with E-state index in [1.54, 1.807) is 13.8 Å². The zero-order chi connectivity index (χ0) is 37.6. The molecule has 9 N–H and O–H groups in total. The van der Waals surface area contributed by atoms with E-state index in [9.17, 15) is 50.8 Å². The van der Waals surface area contributed by atoms with Crippen molar-refractivity contribution in [2.45, 2.75) is 113 Å². The van der Waals surface area contributed by atoms with E-state index >= 15 is 0 Å². The number of allylic oxidation sites excluding steroid dienone is 1. The number of ether oxygens (including phenoxy) is 6. The molecule has 1 aromatic carbocycles. The van der Waals surface area contributed by atoms with Crippen LogP contribution in [0.15, 0.2) is 51.4 Å². The van der Waals surface area contributed by atoms with E-state index in [-0.39, 0.29) is 35.0 Å². The number of fused-ring (bicyclic) bond motifs is 1. The summed E-state index contributed by atoms with van der Waals surface area (Å²) in [7, 11) is 0. The number of benzene rings is 1. The van der Waals surface area contributed by atoms with Crippen molar-refractivity contribution < 1.29 is 78.8 Å². The SMILES string of the molecule is C[C@@H]1[C@@H](O)[C@H](C)O[C@@H](O[C@H]2[C@H](OC3=Cc4oc(-c5ccc(O)cc5)cc(=O)c4C(O)=CC3)O[C@H](CO[C@@H]3O[C@@H](C)[C@H](O)[C@@H](O)[C@H]3O)[C@@H](O)[C@@H]2O)[C@@H]1O. The van der Waals surface area contributed by atoms with Gasteiger partial charge in [0.05, 0.1) is 24.9 Å². The van der Waals surface area contributed by atoms with Crippen molar-refractivity contribution in [2.75, 3.05) is 6.61 Å². The second-order valence-corrected chi connectivity index (χ2v) is 13.5. The summed E-state index contributed by atoms with van der Waals surface area (Å²) >= 11 is 0. The Morgan fingerprint density at radius 2 is 1.42 bits per heavy atom. The van der Waals surface area contributed by atoms with Crippen molar-refractivity contribution in [3.8, 4) is 17.1 Å². The highest BCUT2D eigenvalue weighted by Gasteiger charge is 2.51. The molecule has 2 aromatic rings. The molecule has 0 spiro atoms. The largest absolute Gasteiger partial charge is 0.508 e. The van der Waals surface area contributed by atoms with Crippen molar-refractivity contribution in [1.29, 1.82) is 0 Å². The molecule has 0 radical (unpaired) electrons. The van der Waals surface area contributed by atoms with Crippen LogP contribution in [0, 0.1) is 5.92 Å². The lowest BCUT2D eigenvalue weighted by atomic mass is 9.91. The molecule has 1 aromatic heterocycles. The molecule has 0 amide bonds. The Bertz CT molecular complexity index is 1670. The molecular weight excluding hydrogens is 692 g/mol. The first-order valence-electron chi connectivity index (χ1n) is 16.9. The third-order valence-electron chi connectivity index (χ3n) is 9.79. The number of aliphatic hydroxyl groups is 8. The van der Waals surface area contributed by atoms with Gasteiger partial charge in [0.1, 0.15) is 77.1 Å². The van der Waals surface area contributed by atoms with Crippen LogP contribution in [0.1, 0.15) is 38.5 Å². The fraction of sp³-hybridized carbons (Fsp3) is 0.571. The Morgan fingerprint density at radius 1 is 0.750 bits per heavy atom. The number of aromatic hydroxyl groups is 1. The number of hydrogen-bond acceptors (Lipinski definition) is 17. The van der Waals surface area contributed by atoms with Crippen molar-refractivity contribution in [2.24, 2.45) is 5.92 Å². The summed E-state index contributed by atoms with van der Waals surface area (Å²) in [6, 6.07) is 7.07. The van der Waals surface area contributed by atoms with E-state index in [1.165, 1.54) is 49.4 Å². The van der Waals surface area contributed by atoms with Crippen LogP contribution in [-0.2, 0) is 28.4 Å². The summed E-state index contributed by atoms with van der Waals surface area (Å²) in [5, 5.41) is 95.0. The molecule has 0 bridgehead atoms. The second-order valence-electron chi connectivity index (χ2n) is 13.5. The third kappa shape index (κ3) is 7.63. The summed E-state index contributed by atoms with van der Waals surface area (Å²) in [5.74, 6) is -1.05. The molecule has 0 saturated carbocycles. The van der Waals surface area contributed by atoms with Crippen LogP contribution >= 0.6 is 0 Å². The molecule has 0 unspecified atom stereocenters. The van der Waals surface area contributed by atoms with Gasteiger partial charge < -0.3 is 78.8 Å². The molecule has 3 fully saturated rings. The van der Waals surface area contributed by atoms with Crippen LogP contribution < -0.4 is 5.43 Å². The molecule has 52 heavy (non-hydrogen) atoms. The molecule has 4 heterocycles. The Labute approximate surface area is 297 Å². The summed E-state index contributed by atoms with van der Waals surface area (Å²) in [4.78, 5) is 13.2. The van der Waals surface area contributed by atoms with Crippen molar-refractivity contribution in [1.82, 2.24) is 0 Å². The Hall–Kier alpha value is -3.43. The summed E-state index contributed by atoms with van der Waals surface area (Å²) < 4.78 is 41.0. The number of phenolic OH excluding ortho intramolecular Hbond substituents is 1. The van der Waals surface area contributed by atoms with Crippen LogP contribution in [0.5, 0.6) is 5.75 Å². The van der Waals surface area contributed by atoms with Gasteiger partial charge in [-0.2, -0.15) is 0 Å². The summed E-state index contributed by atoms with van der Waals surface area (Å²) in [5.41, 5.74) is -0.282. The van der Waals surface area contributed by atoms with E-state index in [0.29, 0.717) is 5.56 Å². The van der Waals surface area contributed by atoms with Crippen LogP contribution in [0.4, 0.5) is 0 Å². The summed E-state index contributed by atoms with van der Waals surface area (Å²) in [6.45, 7) is 4.08. The van der Waals surface area contributed by atoms with Gasteiger partial charge in [0, 0.05) is 30.0 Å². The van der Waals surface area contributed by atoms with Gasteiger partial charge in [-0.05, 0) is 44.2 Å². The highest BCUT2D eigenvalue weighted by atomic mass is 16.8. The number of rotatable bonds is 8. The highest BCUT2D eigenvalue weighted by molar-refractivity contribution is 5.72. The number of phenols is 1. The van der Waals surface area contributed by atoms with Crippen molar-refractivity contribution in [3.05, 3.63) is 63.7 Å². The average molecular weight is 737 g/mol. The summed E-state index contributed by atoms with van der Waals surface area (Å²) in [6.07, 6.45) is -17.2. The van der Waals surface area contributed by atoms with E-state index in [0.717, 1.165) is 0 Å². The smallest absolute Gasteiger partial charge is 0.229 e. The molecule has 15 atom stereocenters. The van der Waals surface area contributed by atoms with E-state index in [4.69, 9.17) is 32.8 Å². The molecule has 6 rings (SSSR count). The number of hydrogen-bond donors (Lipinski definition) is 9. The normalized spacial score (nSPS) is 39.5. The standard InChI is InChI=1S/C35H44O17/c1-13-25(39)14(2)48-34(26(13)40)52-32-30(44)28(42)23(12-46-33-31(45)29(43)27(41)15(3)47-33)51-35(32)49-18-8-9-19(37)24-20(38)11-21(50-22(24)10-18)16-4-6-17(36)7-5-16/h4-7,9-11,13-15,23,25-37,39-45H,8,12H2,1-3H3/t13-,14+,15+,23-,25-,26-,27+,28-,29-,30+,31-,32-,33-,34+,35-/m1/s1. The Kier molecular flexibility index (Phi) is 11.4. The van der Waals surface area contributed by atoms with Gasteiger partial charge >= 0.3 is 0 Å². The lowest BCUT2D eigenvalue weighted by Crippen LogP contribution is -2.63. The Morgan fingerprint density at radius 3 is 2.13 bits per heavy atom. The zero-order valence-electron chi connectivity index (χ0n) is 28.4. The highest BCUT2D eigenvalue weighted by Crippen LogP contribution is 2.35. The second kappa shape index (κ2) is 15.5. The fourth-order valence-corrected chi connectivity index (χ4v) is 6.51. The quantitative estimate of drug-likeness (QED) is 0.165. The van der Waals surface area contributed by atoms with Crippen molar-refractivity contribution >= 4 is 11.8 Å². The predicted molar refractivity (Wildman–Crippen MR) is 176 cm³/mol. The van der Waals surface area contributed by atoms with Gasteiger partial charge in [0.2, 0.25) is 6.29 Å². The monoisotopic (exact) mass is 736 g/mol. The maximum absolute atomic E-state index is 13.2. The molecule has 1 aliphatic carbocycles. The Balaban J connectivity index is 1.30. The van der Waals surface area contributed by atoms with Crippen LogP contribution in [0.3, 0.4) is 0 Å². The predicted octanol–water partition coefficient (Wildman–Crippen LogP) is -0.549. The molecule has 17 nitrogen and oxygen atoms in total. The van der Waals surface area contributed by atoms with E-state index in [1.807, 2.05) is 0 Å². The fourth-order valence-electron chi connectivity index (χ4n) is 6.51. The average Bonchev–Trinajstić information content (AvgIpc) is 3.27. The van der Waals surface area contributed by atoms with Crippen LogP contribution in [-0.4, -0.2) is 139 Å². The van der Waals surface area contributed by atoms with Gasteiger partial charge in [0.25, 0.3) is 0 Å². The van der Waals surface area contributed by atoms with Crippen LogP contribution in [0.2, 0.25) is 0 Å². The zero-order valence-corrected chi connectivity index (χ0v) is 28.4. The van der Waals surface area contributed by atoms with Gasteiger partial charge in [-0.25, -0.2) is 0 Å². The number of aliphatic hydroxyl groups excluding tert-OH is 8. The first kappa shape index (κ1) is 38.3. The van der Waals surface area contributed by atoms with Gasteiger partial charge in [-0.3, -0.25) is 4.79 Å². The minimum atomic E-state index is -1.79. The molecule has 4 aliphatic rings. The van der Waals surface area contributed by atoms with Crippen LogP contribution in [0.25, 0.3) is 23.2 Å². The lowest BCUT2D eigenvalue weighted by Gasteiger charge is -2.46. The molecule has 17 heteroatoms. The topological polar surface area (TPSA) is 268 Å².